The van der Waals surface area contributed by atoms with Crippen LogP contribution in [0.5, 0.6) is 0 Å². The SMILES string of the molecule is C=C(C)C1CCC(C)N(CC(F)(F)F)C1. The first-order chi connectivity index (χ1) is 6.79. The van der Waals surface area contributed by atoms with Gasteiger partial charge in [0.2, 0.25) is 0 Å². The second-order valence-electron chi connectivity index (χ2n) is 4.51. The molecule has 15 heavy (non-hydrogen) atoms. The third-order valence-electron chi connectivity index (χ3n) is 3.09. The Morgan fingerprint density at radius 1 is 1.40 bits per heavy atom. The number of nitrogens with zero attached hydrogens (tertiary/aromatic N) is 1. The number of piperidine rings is 1. The summed E-state index contributed by atoms with van der Waals surface area (Å²) in [5.41, 5.74) is 0.995. The lowest BCUT2D eigenvalue weighted by molar-refractivity contribution is -0.154. The highest BCUT2D eigenvalue weighted by Gasteiger charge is 2.35. The van der Waals surface area contributed by atoms with Crippen LogP contribution in [0.4, 0.5) is 13.2 Å². The minimum Gasteiger partial charge on any atom is -0.292 e. The maximum atomic E-state index is 12.3. The third-order valence-corrected chi connectivity index (χ3v) is 3.09. The molecule has 0 bridgehead atoms. The van der Waals surface area contributed by atoms with Crippen molar-refractivity contribution in [2.75, 3.05) is 13.1 Å². The van der Waals surface area contributed by atoms with Gasteiger partial charge in [-0.05, 0) is 32.6 Å². The van der Waals surface area contributed by atoms with Gasteiger partial charge in [0.1, 0.15) is 0 Å². The van der Waals surface area contributed by atoms with E-state index in [1.54, 1.807) is 0 Å². The smallest absolute Gasteiger partial charge is 0.292 e. The highest BCUT2D eigenvalue weighted by atomic mass is 19.4. The van der Waals surface area contributed by atoms with Gasteiger partial charge < -0.3 is 0 Å². The summed E-state index contributed by atoms with van der Waals surface area (Å²) >= 11 is 0. The molecule has 0 amide bonds. The Morgan fingerprint density at radius 2 is 2.00 bits per heavy atom. The molecule has 4 heteroatoms. The van der Waals surface area contributed by atoms with Crippen LogP contribution in [-0.4, -0.2) is 30.2 Å². The fourth-order valence-corrected chi connectivity index (χ4v) is 2.03. The fraction of sp³-hybridized carbons (Fsp3) is 0.818. The predicted molar refractivity (Wildman–Crippen MR) is 54.6 cm³/mol. The number of halogens is 3. The quantitative estimate of drug-likeness (QED) is 0.647. The molecule has 0 spiro atoms. The summed E-state index contributed by atoms with van der Waals surface area (Å²) in [5, 5.41) is 0. The molecular formula is C11H18F3N. The van der Waals surface area contributed by atoms with Crippen molar-refractivity contribution in [3.8, 4) is 0 Å². The van der Waals surface area contributed by atoms with Gasteiger partial charge in [-0.2, -0.15) is 13.2 Å². The van der Waals surface area contributed by atoms with Crippen molar-refractivity contribution in [1.29, 1.82) is 0 Å². The Morgan fingerprint density at radius 3 is 2.47 bits per heavy atom. The molecule has 0 aromatic rings. The Balaban J connectivity index is 2.58. The second-order valence-corrected chi connectivity index (χ2v) is 4.51. The molecule has 1 aliphatic rings. The average Bonchev–Trinajstić information content (AvgIpc) is 2.06. The van der Waals surface area contributed by atoms with E-state index in [-0.39, 0.29) is 12.0 Å². The van der Waals surface area contributed by atoms with E-state index in [1.165, 1.54) is 4.90 Å². The van der Waals surface area contributed by atoms with Gasteiger partial charge in [-0.25, -0.2) is 0 Å². The normalized spacial score (nSPS) is 29.1. The maximum absolute atomic E-state index is 12.3. The minimum atomic E-state index is -4.09. The van der Waals surface area contributed by atoms with Crippen LogP contribution >= 0.6 is 0 Å². The van der Waals surface area contributed by atoms with Gasteiger partial charge >= 0.3 is 6.18 Å². The summed E-state index contributed by atoms with van der Waals surface area (Å²) in [5.74, 6) is 0.226. The van der Waals surface area contributed by atoms with Gasteiger partial charge in [-0.1, -0.05) is 12.2 Å². The Kier molecular flexibility index (Phi) is 3.82. The lowest BCUT2D eigenvalue weighted by Crippen LogP contribution is -2.46. The molecule has 2 unspecified atom stereocenters. The molecule has 0 aliphatic carbocycles. The van der Waals surface area contributed by atoms with Crippen LogP contribution in [0, 0.1) is 5.92 Å². The molecule has 88 valence electrons. The van der Waals surface area contributed by atoms with Crippen molar-refractivity contribution < 1.29 is 13.2 Å². The van der Waals surface area contributed by atoms with Crippen molar-refractivity contribution in [3.63, 3.8) is 0 Å². The van der Waals surface area contributed by atoms with Crippen LogP contribution in [0.2, 0.25) is 0 Å². The van der Waals surface area contributed by atoms with Gasteiger partial charge in [0.25, 0.3) is 0 Å². The first kappa shape index (κ1) is 12.6. The Hall–Kier alpha value is -0.510. The van der Waals surface area contributed by atoms with Crippen LogP contribution in [0.25, 0.3) is 0 Å². The van der Waals surface area contributed by atoms with Crippen molar-refractivity contribution >= 4 is 0 Å². The lowest BCUT2D eigenvalue weighted by atomic mass is 9.89. The van der Waals surface area contributed by atoms with Gasteiger partial charge in [-0.15, -0.1) is 0 Å². The first-order valence-corrected chi connectivity index (χ1v) is 5.26. The molecule has 0 radical (unpaired) electrons. The number of alkyl halides is 3. The van der Waals surface area contributed by atoms with Crippen LogP contribution < -0.4 is 0 Å². The monoisotopic (exact) mass is 221 g/mol. The Labute approximate surface area is 88.9 Å². The molecule has 0 N–H and O–H groups in total. The number of rotatable bonds is 2. The van der Waals surface area contributed by atoms with E-state index in [0.29, 0.717) is 6.54 Å². The standard InChI is InChI=1S/C11H18F3N/c1-8(2)10-5-4-9(3)15(6-10)7-11(12,13)14/h9-10H,1,4-7H2,2-3H3. The highest BCUT2D eigenvalue weighted by molar-refractivity contribution is 5.00. The molecule has 0 aromatic heterocycles. The van der Waals surface area contributed by atoms with Crippen LogP contribution in [-0.2, 0) is 0 Å². The fourth-order valence-electron chi connectivity index (χ4n) is 2.03. The summed E-state index contributed by atoms with van der Waals surface area (Å²) < 4.78 is 36.8. The molecule has 1 nitrogen and oxygen atoms in total. The summed E-state index contributed by atoms with van der Waals surface area (Å²) in [6.07, 6.45) is -2.30. The van der Waals surface area contributed by atoms with Gasteiger partial charge in [0, 0.05) is 12.6 Å². The number of likely N-dealkylation sites (tertiary alicyclic amines) is 1. The van der Waals surface area contributed by atoms with E-state index < -0.39 is 12.7 Å². The summed E-state index contributed by atoms with van der Waals surface area (Å²) in [7, 11) is 0. The van der Waals surface area contributed by atoms with Crippen LogP contribution in [0.15, 0.2) is 12.2 Å². The Bertz CT molecular complexity index is 234. The number of hydrogen-bond acceptors (Lipinski definition) is 1. The molecule has 0 aromatic carbocycles. The van der Waals surface area contributed by atoms with Gasteiger partial charge in [0.15, 0.2) is 0 Å². The highest BCUT2D eigenvalue weighted by Crippen LogP contribution is 2.28. The van der Waals surface area contributed by atoms with Crippen molar-refractivity contribution in [1.82, 2.24) is 4.90 Å². The largest absolute Gasteiger partial charge is 0.401 e. The van der Waals surface area contributed by atoms with Crippen LogP contribution in [0.3, 0.4) is 0 Å². The van der Waals surface area contributed by atoms with Crippen molar-refractivity contribution in [2.24, 2.45) is 5.92 Å². The van der Waals surface area contributed by atoms with E-state index in [0.717, 1.165) is 18.4 Å². The van der Waals surface area contributed by atoms with E-state index in [9.17, 15) is 13.2 Å². The second kappa shape index (κ2) is 4.56. The molecule has 2 atom stereocenters. The molecular weight excluding hydrogens is 203 g/mol. The molecule has 1 aliphatic heterocycles. The lowest BCUT2D eigenvalue weighted by Gasteiger charge is -2.38. The summed E-state index contributed by atoms with van der Waals surface area (Å²) in [6, 6.07) is 0.0298. The zero-order valence-corrected chi connectivity index (χ0v) is 9.27. The first-order valence-electron chi connectivity index (χ1n) is 5.26. The summed E-state index contributed by atoms with van der Waals surface area (Å²) in [6.45, 7) is 7.29. The predicted octanol–water partition coefficient (Wildman–Crippen LogP) is 3.23. The average molecular weight is 221 g/mol. The number of hydrogen-bond donors (Lipinski definition) is 0. The van der Waals surface area contributed by atoms with E-state index in [4.69, 9.17) is 0 Å². The van der Waals surface area contributed by atoms with E-state index >= 15 is 0 Å². The maximum Gasteiger partial charge on any atom is 0.401 e. The molecule has 0 saturated carbocycles. The molecule has 1 fully saturated rings. The topological polar surface area (TPSA) is 3.24 Å². The summed E-state index contributed by atoms with van der Waals surface area (Å²) in [4.78, 5) is 1.52. The van der Waals surface area contributed by atoms with E-state index in [2.05, 4.69) is 6.58 Å². The van der Waals surface area contributed by atoms with Crippen molar-refractivity contribution in [3.05, 3.63) is 12.2 Å². The molecule has 1 rings (SSSR count). The van der Waals surface area contributed by atoms with E-state index in [1.807, 2.05) is 13.8 Å². The zero-order valence-electron chi connectivity index (χ0n) is 9.27. The van der Waals surface area contributed by atoms with Crippen molar-refractivity contribution in [2.45, 2.75) is 38.9 Å². The zero-order chi connectivity index (χ0) is 11.6. The molecule has 1 saturated heterocycles. The van der Waals surface area contributed by atoms with Gasteiger partial charge in [0.05, 0.1) is 6.54 Å². The van der Waals surface area contributed by atoms with Gasteiger partial charge in [-0.3, -0.25) is 4.90 Å². The molecule has 1 heterocycles. The third kappa shape index (κ3) is 3.86. The van der Waals surface area contributed by atoms with Crippen LogP contribution in [0.1, 0.15) is 26.7 Å². The minimum absolute atomic E-state index is 0.0298.